The van der Waals surface area contributed by atoms with Crippen LogP contribution in [0.2, 0.25) is 0 Å². The molecule has 2 aromatic rings. The van der Waals surface area contributed by atoms with Gasteiger partial charge in [0.15, 0.2) is 11.5 Å². The van der Waals surface area contributed by atoms with Gasteiger partial charge in [0.25, 0.3) is 0 Å². The molecule has 2 aromatic carbocycles. The van der Waals surface area contributed by atoms with Crippen LogP contribution < -0.4 is 19.9 Å². The molecular formula is C26H38N4O3. The summed E-state index contributed by atoms with van der Waals surface area (Å²) in [5, 5.41) is 0. The molecule has 4 rings (SSSR count). The van der Waals surface area contributed by atoms with E-state index in [2.05, 4.69) is 39.0 Å². The first-order chi connectivity index (χ1) is 16.2. The predicted molar refractivity (Wildman–Crippen MR) is 131 cm³/mol. The van der Waals surface area contributed by atoms with Gasteiger partial charge in [0, 0.05) is 45.8 Å². The molecule has 0 aromatic heterocycles. The molecule has 0 radical (unpaired) electrons. The van der Waals surface area contributed by atoms with Crippen LogP contribution in [0.5, 0.6) is 17.2 Å². The Labute approximate surface area is 198 Å². The van der Waals surface area contributed by atoms with E-state index in [-0.39, 0.29) is 0 Å². The summed E-state index contributed by atoms with van der Waals surface area (Å²) in [5.41, 5.74) is 8.20. The van der Waals surface area contributed by atoms with E-state index < -0.39 is 0 Å². The number of rotatable bonds is 12. The predicted octanol–water partition coefficient (Wildman–Crippen LogP) is 2.78. The molecule has 0 amide bonds. The summed E-state index contributed by atoms with van der Waals surface area (Å²) in [6.07, 6.45) is 2.25. The molecule has 0 spiro atoms. The van der Waals surface area contributed by atoms with Gasteiger partial charge in [-0.25, -0.2) is 0 Å². The SMILES string of the molecule is COc1ccc(CN(CCCN2CCN(CCCN)CC2)Cc2ccc3c(c2)OCO3)cc1. The third-order valence-corrected chi connectivity index (χ3v) is 6.50. The van der Waals surface area contributed by atoms with Crippen molar-refractivity contribution in [1.82, 2.24) is 14.7 Å². The molecule has 0 saturated carbocycles. The van der Waals surface area contributed by atoms with Crippen molar-refractivity contribution in [2.45, 2.75) is 25.9 Å². The zero-order chi connectivity index (χ0) is 22.9. The lowest BCUT2D eigenvalue weighted by atomic mass is 10.1. The fourth-order valence-electron chi connectivity index (χ4n) is 4.57. The zero-order valence-electron chi connectivity index (χ0n) is 19.9. The van der Waals surface area contributed by atoms with Gasteiger partial charge in [-0.1, -0.05) is 18.2 Å². The second kappa shape index (κ2) is 12.2. The first-order valence-electron chi connectivity index (χ1n) is 12.1. The smallest absolute Gasteiger partial charge is 0.231 e. The van der Waals surface area contributed by atoms with Crippen LogP contribution >= 0.6 is 0 Å². The number of nitrogens with zero attached hydrogens (tertiary/aromatic N) is 3. The van der Waals surface area contributed by atoms with E-state index in [1.54, 1.807) is 7.11 Å². The lowest BCUT2D eigenvalue weighted by molar-refractivity contribution is 0.125. The van der Waals surface area contributed by atoms with Crippen LogP contribution in [-0.4, -0.2) is 81.0 Å². The number of ether oxygens (including phenoxy) is 3. The minimum atomic E-state index is 0.313. The van der Waals surface area contributed by atoms with Crippen LogP contribution in [0, 0.1) is 0 Å². The van der Waals surface area contributed by atoms with Gasteiger partial charge in [0.2, 0.25) is 6.79 Å². The Morgan fingerprint density at radius 3 is 2.18 bits per heavy atom. The molecule has 2 aliphatic heterocycles. The number of piperazine rings is 1. The normalized spacial score (nSPS) is 16.5. The topological polar surface area (TPSA) is 63.4 Å². The molecule has 180 valence electrons. The summed E-state index contributed by atoms with van der Waals surface area (Å²) in [6, 6.07) is 14.7. The first-order valence-corrected chi connectivity index (χ1v) is 12.1. The van der Waals surface area contributed by atoms with Gasteiger partial charge in [-0.05, 0) is 67.9 Å². The molecule has 0 unspecified atom stereocenters. The van der Waals surface area contributed by atoms with Gasteiger partial charge in [0.05, 0.1) is 7.11 Å². The maximum absolute atomic E-state index is 5.66. The average Bonchev–Trinajstić information content (AvgIpc) is 3.32. The van der Waals surface area contributed by atoms with E-state index in [4.69, 9.17) is 19.9 Å². The summed E-state index contributed by atoms with van der Waals surface area (Å²) in [6.45, 7) is 10.9. The molecule has 0 aliphatic carbocycles. The molecule has 7 heteroatoms. The summed E-state index contributed by atoms with van der Waals surface area (Å²) in [4.78, 5) is 7.67. The highest BCUT2D eigenvalue weighted by molar-refractivity contribution is 5.44. The van der Waals surface area contributed by atoms with Crippen molar-refractivity contribution in [2.75, 3.05) is 66.3 Å². The van der Waals surface area contributed by atoms with Gasteiger partial charge < -0.3 is 29.7 Å². The van der Waals surface area contributed by atoms with Gasteiger partial charge in [-0.2, -0.15) is 0 Å². The average molecular weight is 455 g/mol. The molecule has 0 atom stereocenters. The highest BCUT2D eigenvalue weighted by atomic mass is 16.7. The largest absolute Gasteiger partial charge is 0.497 e. The highest BCUT2D eigenvalue weighted by Gasteiger charge is 2.18. The second-order valence-corrected chi connectivity index (χ2v) is 8.93. The van der Waals surface area contributed by atoms with Crippen molar-refractivity contribution in [3.63, 3.8) is 0 Å². The molecule has 33 heavy (non-hydrogen) atoms. The van der Waals surface area contributed by atoms with Crippen LogP contribution in [0.1, 0.15) is 24.0 Å². The molecule has 1 fully saturated rings. The monoisotopic (exact) mass is 454 g/mol. The van der Waals surface area contributed by atoms with Crippen molar-refractivity contribution in [3.8, 4) is 17.2 Å². The quantitative estimate of drug-likeness (QED) is 0.529. The number of nitrogens with two attached hydrogens (primary N) is 1. The maximum Gasteiger partial charge on any atom is 0.231 e. The van der Waals surface area contributed by atoms with Gasteiger partial charge in [-0.3, -0.25) is 4.90 Å². The Kier molecular flexibility index (Phi) is 8.83. The lowest BCUT2D eigenvalue weighted by Gasteiger charge is -2.35. The number of benzene rings is 2. The Morgan fingerprint density at radius 2 is 1.48 bits per heavy atom. The van der Waals surface area contributed by atoms with E-state index in [1.165, 1.54) is 11.1 Å². The fraction of sp³-hybridized carbons (Fsp3) is 0.538. The van der Waals surface area contributed by atoms with Crippen LogP contribution in [-0.2, 0) is 13.1 Å². The fourth-order valence-corrected chi connectivity index (χ4v) is 4.57. The number of hydrogen-bond donors (Lipinski definition) is 1. The number of fused-ring (bicyclic) bond motifs is 1. The standard InChI is InChI=1S/C26H38N4O3/c1-31-24-7-4-22(5-8-24)19-30(20-23-6-9-25-26(18-23)33-21-32-25)13-3-12-29-16-14-28(15-17-29)11-2-10-27/h4-9,18H,2-3,10-17,19-21,27H2,1H3. The van der Waals surface area contributed by atoms with Crippen molar-refractivity contribution in [2.24, 2.45) is 5.73 Å². The van der Waals surface area contributed by atoms with Gasteiger partial charge >= 0.3 is 0 Å². The van der Waals surface area contributed by atoms with Crippen LogP contribution in [0.4, 0.5) is 0 Å². The second-order valence-electron chi connectivity index (χ2n) is 8.93. The van der Waals surface area contributed by atoms with Crippen molar-refractivity contribution in [3.05, 3.63) is 53.6 Å². The van der Waals surface area contributed by atoms with E-state index in [0.29, 0.717) is 6.79 Å². The van der Waals surface area contributed by atoms with Gasteiger partial charge in [-0.15, -0.1) is 0 Å². The van der Waals surface area contributed by atoms with Crippen LogP contribution in [0.3, 0.4) is 0 Å². The third-order valence-electron chi connectivity index (χ3n) is 6.50. The van der Waals surface area contributed by atoms with Crippen LogP contribution in [0.25, 0.3) is 0 Å². The van der Waals surface area contributed by atoms with E-state index >= 15 is 0 Å². The molecule has 2 heterocycles. The Balaban J connectivity index is 1.31. The number of hydrogen-bond acceptors (Lipinski definition) is 7. The Bertz CT molecular complexity index is 853. The maximum atomic E-state index is 5.66. The first kappa shape index (κ1) is 23.8. The minimum Gasteiger partial charge on any atom is -0.497 e. The summed E-state index contributed by atoms with van der Waals surface area (Å²) in [7, 11) is 1.71. The molecule has 7 nitrogen and oxygen atoms in total. The van der Waals surface area contributed by atoms with E-state index in [1.807, 2.05) is 18.2 Å². The number of methoxy groups -OCH3 is 1. The molecule has 0 bridgehead atoms. The Hall–Kier alpha value is -2.32. The van der Waals surface area contributed by atoms with E-state index in [9.17, 15) is 0 Å². The lowest BCUT2D eigenvalue weighted by Crippen LogP contribution is -2.47. The van der Waals surface area contributed by atoms with Gasteiger partial charge in [0.1, 0.15) is 5.75 Å². The van der Waals surface area contributed by atoms with Crippen molar-refractivity contribution in [1.29, 1.82) is 0 Å². The molecule has 2 aliphatic rings. The summed E-state index contributed by atoms with van der Waals surface area (Å²) < 4.78 is 16.4. The summed E-state index contributed by atoms with van der Waals surface area (Å²) >= 11 is 0. The third kappa shape index (κ3) is 7.08. The molecule has 1 saturated heterocycles. The van der Waals surface area contributed by atoms with E-state index in [0.717, 1.165) is 95.5 Å². The van der Waals surface area contributed by atoms with Crippen molar-refractivity contribution >= 4 is 0 Å². The van der Waals surface area contributed by atoms with Crippen molar-refractivity contribution < 1.29 is 14.2 Å². The molecular weight excluding hydrogens is 416 g/mol. The highest BCUT2D eigenvalue weighted by Crippen LogP contribution is 2.33. The summed E-state index contributed by atoms with van der Waals surface area (Å²) in [5.74, 6) is 2.59. The molecule has 2 N–H and O–H groups in total. The minimum absolute atomic E-state index is 0.313. The Morgan fingerprint density at radius 1 is 0.848 bits per heavy atom. The zero-order valence-corrected chi connectivity index (χ0v) is 19.9. The van der Waals surface area contributed by atoms with Crippen LogP contribution in [0.15, 0.2) is 42.5 Å².